The van der Waals surface area contributed by atoms with Crippen LogP contribution in [0.2, 0.25) is 0 Å². The maximum absolute atomic E-state index is 13.5. The molecule has 30 heavy (non-hydrogen) atoms. The minimum atomic E-state index is -0.867. The Morgan fingerprint density at radius 2 is 1.57 bits per heavy atom. The zero-order valence-electron chi connectivity index (χ0n) is 16.6. The third kappa shape index (κ3) is 3.39. The molecule has 1 N–H and O–H groups in total. The number of anilines is 1. The molecular weight excluding hydrogens is 381 g/mol. The first kappa shape index (κ1) is 19.6. The van der Waals surface area contributed by atoms with E-state index in [0.29, 0.717) is 16.8 Å². The van der Waals surface area contributed by atoms with E-state index < -0.39 is 23.5 Å². The second-order valence-corrected chi connectivity index (χ2v) is 7.43. The SMILES string of the molecule is Cc1ccc(/C(O)=C2\C(=O)C(=O)N(c3cccc(C)c3)C2c2ccc(F)cc2)cc1. The lowest BCUT2D eigenvalue weighted by Gasteiger charge is -2.25. The van der Waals surface area contributed by atoms with Crippen LogP contribution in [0.1, 0.15) is 28.3 Å². The quantitative estimate of drug-likeness (QED) is 0.379. The van der Waals surface area contributed by atoms with E-state index in [1.807, 2.05) is 32.0 Å². The summed E-state index contributed by atoms with van der Waals surface area (Å²) in [4.78, 5) is 27.4. The van der Waals surface area contributed by atoms with Crippen LogP contribution in [0.3, 0.4) is 0 Å². The number of nitrogens with zero attached hydrogens (tertiary/aromatic N) is 1. The predicted octanol–water partition coefficient (Wildman–Crippen LogP) is 5.07. The molecule has 150 valence electrons. The van der Waals surface area contributed by atoms with E-state index in [4.69, 9.17) is 0 Å². The zero-order chi connectivity index (χ0) is 21.4. The number of carbonyl (C=O) groups is 2. The number of aliphatic hydroxyl groups is 1. The number of halogens is 1. The second-order valence-electron chi connectivity index (χ2n) is 7.43. The molecule has 1 aliphatic rings. The third-order valence-corrected chi connectivity index (χ3v) is 5.23. The molecule has 0 radical (unpaired) electrons. The predicted molar refractivity (Wildman–Crippen MR) is 114 cm³/mol. The van der Waals surface area contributed by atoms with Gasteiger partial charge in [0.1, 0.15) is 11.6 Å². The van der Waals surface area contributed by atoms with Crippen molar-refractivity contribution in [1.82, 2.24) is 0 Å². The third-order valence-electron chi connectivity index (χ3n) is 5.23. The fourth-order valence-electron chi connectivity index (χ4n) is 3.70. The Morgan fingerprint density at radius 1 is 0.900 bits per heavy atom. The maximum Gasteiger partial charge on any atom is 0.300 e. The van der Waals surface area contributed by atoms with Gasteiger partial charge < -0.3 is 5.11 Å². The highest BCUT2D eigenvalue weighted by molar-refractivity contribution is 6.51. The van der Waals surface area contributed by atoms with Crippen LogP contribution < -0.4 is 4.90 Å². The Morgan fingerprint density at radius 3 is 2.20 bits per heavy atom. The van der Waals surface area contributed by atoms with Crippen LogP contribution in [0.4, 0.5) is 10.1 Å². The lowest BCUT2D eigenvalue weighted by atomic mass is 9.95. The van der Waals surface area contributed by atoms with Crippen molar-refractivity contribution in [2.75, 3.05) is 4.90 Å². The summed E-state index contributed by atoms with van der Waals surface area (Å²) in [6.45, 7) is 3.80. The van der Waals surface area contributed by atoms with E-state index >= 15 is 0 Å². The van der Waals surface area contributed by atoms with Crippen molar-refractivity contribution in [1.29, 1.82) is 0 Å². The molecule has 4 nitrogen and oxygen atoms in total. The number of amides is 1. The van der Waals surface area contributed by atoms with E-state index in [9.17, 15) is 19.1 Å². The number of carbonyl (C=O) groups excluding carboxylic acids is 2. The molecule has 1 fully saturated rings. The molecule has 0 aromatic heterocycles. The number of benzene rings is 3. The average molecular weight is 401 g/mol. The van der Waals surface area contributed by atoms with E-state index in [1.54, 1.807) is 30.3 Å². The summed E-state index contributed by atoms with van der Waals surface area (Å²) >= 11 is 0. The molecule has 1 unspecified atom stereocenters. The summed E-state index contributed by atoms with van der Waals surface area (Å²) in [6.07, 6.45) is 0. The largest absolute Gasteiger partial charge is 0.507 e. The van der Waals surface area contributed by atoms with Crippen molar-refractivity contribution < 1.29 is 19.1 Å². The fraction of sp³-hybridized carbons (Fsp3) is 0.120. The van der Waals surface area contributed by atoms with Crippen LogP contribution in [0.15, 0.2) is 78.4 Å². The Kier molecular flexibility index (Phi) is 4.96. The minimum Gasteiger partial charge on any atom is -0.507 e. The van der Waals surface area contributed by atoms with Gasteiger partial charge in [-0.05, 0) is 49.2 Å². The Labute approximate surface area is 173 Å². The van der Waals surface area contributed by atoms with Crippen molar-refractivity contribution in [2.24, 2.45) is 0 Å². The lowest BCUT2D eigenvalue weighted by Crippen LogP contribution is -2.29. The molecule has 5 heteroatoms. The van der Waals surface area contributed by atoms with Gasteiger partial charge in [0.2, 0.25) is 0 Å². The molecule has 0 bridgehead atoms. The van der Waals surface area contributed by atoms with Gasteiger partial charge in [0.15, 0.2) is 0 Å². The smallest absolute Gasteiger partial charge is 0.300 e. The maximum atomic E-state index is 13.5. The summed E-state index contributed by atoms with van der Waals surface area (Å²) in [7, 11) is 0. The van der Waals surface area contributed by atoms with Crippen molar-refractivity contribution in [3.05, 3.63) is 106 Å². The number of hydrogen-bond acceptors (Lipinski definition) is 3. The van der Waals surface area contributed by atoms with Gasteiger partial charge in [-0.3, -0.25) is 14.5 Å². The van der Waals surface area contributed by atoms with Gasteiger partial charge in [0.05, 0.1) is 11.6 Å². The summed E-state index contributed by atoms with van der Waals surface area (Å²) < 4.78 is 13.5. The second kappa shape index (κ2) is 7.59. The van der Waals surface area contributed by atoms with Gasteiger partial charge in [-0.15, -0.1) is 0 Å². The Balaban J connectivity index is 1.95. The van der Waals surface area contributed by atoms with Crippen LogP contribution >= 0.6 is 0 Å². The van der Waals surface area contributed by atoms with Crippen molar-refractivity contribution in [3.8, 4) is 0 Å². The van der Waals surface area contributed by atoms with Gasteiger partial charge in [-0.1, -0.05) is 54.1 Å². The molecule has 0 aliphatic carbocycles. The van der Waals surface area contributed by atoms with E-state index in [2.05, 4.69) is 0 Å². The molecule has 3 aromatic carbocycles. The number of rotatable bonds is 3. The first-order valence-electron chi connectivity index (χ1n) is 9.57. The van der Waals surface area contributed by atoms with Gasteiger partial charge in [-0.2, -0.15) is 0 Å². The molecule has 1 aliphatic heterocycles. The molecule has 0 saturated carbocycles. The lowest BCUT2D eigenvalue weighted by molar-refractivity contribution is -0.132. The molecule has 1 amide bonds. The zero-order valence-corrected chi connectivity index (χ0v) is 16.6. The summed E-state index contributed by atoms with van der Waals surface area (Å²) in [5.41, 5.74) is 3.42. The number of aryl methyl sites for hydroxylation is 2. The first-order valence-corrected chi connectivity index (χ1v) is 9.57. The van der Waals surface area contributed by atoms with Crippen LogP contribution in [-0.4, -0.2) is 16.8 Å². The fourth-order valence-corrected chi connectivity index (χ4v) is 3.70. The van der Waals surface area contributed by atoms with E-state index in [1.165, 1.54) is 29.2 Å². The van der Waals surface area contributed by atoms with Crippen molar-refractivity contribution in [2.45, 2.75) is 19.9 Å². The first-order chi connectivity index (χ1) is 14.4. The van der Waals surface area contributed by atoms with Crippen molar-refractivity contribution >= 4 is 23.1 Å². The van der Waals surface area contributed by atoms with Gasteiger partial charge in [-0.25, -0.2) is 4.39 Å². The standard InChI is InChI=1S/C25H20FNO3/c1-15-6-8-18(9-7-15)23(28)21-22(17-10-12-19(26)13-11-17)27(25(30)24(21)29)20-5-3-4-16(2)14-20/h3-14,22,28H,1-2H3/b23-21+. The summed E-state index contributed by atoms with van der Waals surface area (Å²) in [5.74, 6) is -2.19. The van der Waals surface area contributed by atoms with Gasteiger partial charge >= 0.3 is 0 Å². The highest BCUT2D eigenvalue weighted by Gasteiger charge is 2.46. The van der Waals surface area contributed by atoms with Crippen LogP contribution in [0.5, 0.6) is 0 Å². The molecule has 1 saturated heterocycles. The van der Waals surface area contributed by atoms with Crippen LogP contribution in [0, 0.1) is 19.7 Å². The molecule has 3 aromatic rings. The van der Waals surface area contributed by atoms with Crippen LogP contribution in [-0.2, 0) is 9.59 Å². The molecule has 1 heterocycles. The monoisotopic (exact) mass is 401 g/mol. The number of hydrogen-bond donors (Lipinski definition) is 1. The van der Waals surface area contributed by atoms with E-state index in [-0.39, 0.29) is 11.3 Å². The number of ketones is 1. The molecule has 0 spiro atoms. The Bertz CT molecular complexity index is 1160. The van der Waals surface area contributed by atoms with Crippen LogP contribution in [0.25, 0.3) is 5.76 Å². The van der Waals surface area contributed by atoms with E-state index in [0.717, 1.165) is 11.1 Å². The highest BCUT2D eigenvalue weighted by Crippen LogP contribution is 2.42. The van der Waals surface area contributed by atoms with Crippen molar-refractivity contribution in [3.63, 3.8) is 0 Å². The van der Waals surface area contributed by atoms with Gasteiger partial charge in [0, 0.05) is 11.3 Å². The molecule has 1 atom stereocenters. The number of aliphatic hydroxyl groups excluding tert-OH is 1. The normalized spacial score (nSPS) is 18.1. The average Bonchev–Trinajstić information content (AvgIpc) is 2.99. The summed E-state index contributed by atoms with van der Waals surface area (Å²) in [6, 6.07) is 19.0. The van der Waals surface area contributed by atoms with Gasteiger partial charge in [0.25, 0.3) is 11.7 Å². The topological polar surface area (TPSA) is 57.6 Å². The summed E-state index contributed by atoms with van der Waals surface area (Å²) in [5, 5.41) is 11.0. The number of Topliss-reactive ketones (excluding diaryl/α,β-unsaturated/α-hetero) is 1. The minimum absolute atomic E-state index is 0.0167. The highest BCUT2D eigenvalue weighted by atomic mass is 19.1. The molecule has 4 rings (SSSR count). The molecular formula is C25H20FNO3. The Hall–Kier alpha value is -3.73.